The summed E-state index contributed by atoms with van der Waals surface area (Å²) in [6.45, 7) is 9.47. The van der Waals surface area contributed by atoms with Gasteiger partial charge in [0, 0.05) is 18.7 Å². The Hall–Kier alpha value is -2.88. The highest BCUT2D eigenvalue weighted by molar-refractivity contribution is 5.99. The smallest absolute Gasteiger partial charge is 0.331 e. The van der Waals surface area contributed by atoms with Crippen molar-refractivity contribution in [3.8, 4) is 0 Å². The number of carbonyl (C=O) groups excluding carboxylic acids is 2. The lowest BCUT2D eigenvalue weighted by molar-refractivity contribution is -0.134. The van der Waals surface area contributed by atoms with Crippen molar-refractivity contribution in [1.82, 2.24) is 0 Å². The molecule has 0 bridgehead atoms. The summed E-state index contributed by atoms with van der Waals surface area (Å²) >= 11 is 0. The quantitative estimate of drug-likeness (QED) is 0.652. The molecule has 2 aromatic rings. The van der Waals surface area contributed by atoms with Crippen LogP contribution in [0.25, 0.3) is 5.57 Å². The third-order valence-corrected chi connectivity index (χ3v) is 4.51. The van der Waals surface area contributed by atoms with Gasteiger partial charge >= 0.3 is 5.97 Å². The molecule has 0 aromatic heterocycles. The fraction of sp³-hybridized carbons (Fsp3) is 0.273. The Morgan fingerprint density at radius 1 is 1.00 bits per heavy atom. The Morgan fingerprint density at radius 3 is 2.15 bits per heavy atom. The van der Waals surface area contributed by atoms with E-state index in [2.05, 4.69) is 5.32 Å². The zero-order chi connectivity index (χ0) is 19.4. The lowest BCUT2D eigenvalue weighted by Gasteiger charge is -2.20. The minimum atomic E-state index is -0.415. The van der Waals surface area contributed by atoms with Gasteiger partial charge in [0.25, 0.3) is 0 Å². The van der Waals surface area contributed by atoms with Crippen LogP contribution in [0, 0.1) is 27.7 Å². The summed E-state index contributed by atoms with van der Waals surface area (Å²) in [5.74, 6) is -0.543. The van der Waals surface area contributed by atoms with E-state index in [0.717, 1.165) is 44.6 Å². The highest BCUT2D eigenvalue weighted by Gasteiger charge is 2.18. The molecule has 26 heavy (non-hydrogen) atoms. The second-order valence-corrected chi connectivity index (χ2v) is 6.49. The topological polar surface area (TPSA) is 55.4 Å². The van der Waals surface area contributed by atoms with Gasteiger partial charge in [0.2, 0.25) is 5.91 Å². The van der Waals surface area contributed by atoms with Crippen molar-refractivity contribution in [3.63, 3.8) is 0 Å². The predicted molar refractivity (Wildman–Crippen MR) is 105 cm³/mol. The lowest BCUT2D eigenvalue weighted by atomic mass is 9.87. The zero-order valence-corrected chi connectivity index (χ0v) is 16.2. The highest BCUT2D eigenvalue weighted by atomic mass is 16.5. The number of benzene rings is 2. The standard InChI is InChI=1S/C22H25NO3/c1-13-7-9-18(10-8-13)19(12-21(25)26-6)22-15(3)14(2)11-20(16(22)4)23-17(5)24/h7-12H,1-6H3,(H,23,24)/b19-12+. The molecule has 4 heteroatoms. The van der Waals surface area contributed by atoms with Gasteiger partial charge in [-0.1, -0.05) is 29.8 Å². The Labute approximate surface area is 154 Å². The van der Waals surface area contributed by atoms with Crippen molar-refractivity contribution >= 4 is 23.1 Å². The van der Waals surface area contributed by atoms with Gasteiger partial charge in [-0.25, -0.2) is 4.79 Å². The van der Waals surface area contributed by atoms with Gasteiger partial charge < -0.3 is 10.1 Å². The van der Waals surface area contributed by atoms with Crippen LogP contribution < -0.4 is 5.32 Å². The number of nitrogens with one attached hydrogen (secondary N) is 1. The monoisotopic (exact) mass is 351 g/mol. The first-order chi connectivity index (χ1) is 12.2. The van der Waals surface area contributed by atoms with Crippen molar-refractivity contribution < 1.29 is 14.3 Å². The number of ether oxygens (including phenoxy) is 1. The summed E-state index contributed by atoms with van der Waals surface area (Å²) in [6.07, 6.45) is 1.51. The van der Waals surface area contributed by atoms with Gasteiger partial charge in [-0.2, -0.15) is 0 Å². The van der Waals surface area contributed by atoms with Crippen LogP contribution in [0.4, 0.5) is 5.69 Å². The molecule has 0 unspecified atom stereocenters. The van der Waals surface area contributed by atoms with Gasteiger partial charge in [0.1, 0.15) is 0 Å². The normalized spacial score (nSPS) is 11.2. The third-order valence-electron chi connectivity index (χ3n) is 4.51. The number of hydrogen-bond donors (Lipinski definition) is 1. The molecule has 0 atom stereocenters. The number of hydrogen-bond acceptors (Lipinski definition) is 3. The summed E-state index contributed by atoms with van der Waals surface area (Å²) in [4.78, 5) is 23.6. The maximum absolute atomic E-state index is 12.0. The largest absolute Gasteiger partial charge is 0.466 e. The second-order valence-electron chi connectivity index (χ2n) is 6.49. The number of anilines is 1. The van der Waals surface area contributed by atoms with E-state index in [9.17, 15) is 9.59 Å². The number of esters is 1. The molecule has 136 valence electrons. The van der Waals surface area contributed by atoms with Gasteiger partial charge in [-0.15, -0.1) is 0 Å². The molecule has 0 saturated carbocycles. The SMILES string of the molecule is COC(=O)/C=C(\c1ccc(C)cc1)c1c(C)c(C)cc(NC(C)=O)c1C. The molecule has 2 aromatic carbocycles. The fourth-order valence-electron chi connectivity index (χ4n) is 2.98. The van der Waals surface area contributed by atoms with E-state index in [1.807, 2.05) is 58.0 Å². The van der Waals surface area contributed by atoms with E-state index >= 15 is 0 Å². The molecule has 1 N–H and O–H groups in total. The molecular weight excluding hydrogens is 326 g/mol. The van der Waals surface area contributed by atoms with Crippen LogP contribution in [0.15, 0.2) is 36.4 Å². The van der Waals surface area contributed by atoms with Crippen LogP contribution >= 0.6 is 0 Å². The average Bonchev–Trinajstić information content (AvgIpc) is 2.59. The van der Waals surface area contributed by atoms with E-state index < -0.39 is 5.97 Å². The minimum Gasteiger partial charge on any atom is -0.466 e. The third kappa shape index (κ3) is 4.20. The average molecular weight is 351 g/mol. The van der Waals surface area contributed by atoms with Crippen molar-refractivity contribution in [1.29, 1.82) is 0 Å². The summed E-state index contributed by atoms with van der Waals surface area (Å²) in [5.41, 5.74) is 7.54. The maximum atomic E-state index is 12.0. The fourth-order valence-corrected chi connectivity index (χ4v) is 2.98. The Balaban J connectivity index is 2.77. The number of methoxy groups -OCH3 is 1. The number of carbonyl (C=O) groups is 2. The molecule has 0 spiro atoms. The molecule has 0 heterocycles. The summed E-state index contributed by atoms with van der Waals surface area (Å²) in [7, 11) is 1.37. The van der Waals surface area contributed by atoms with E-state index in [-0.39, 0.29) is 5.91 Å². The van der Waals surface area contributed by atoms with Crippen LogP contribution in [0.2, 0.25) is 0 Å². The van der Waals surface area contributed by atoms with Crippen LogP contribution in [0.1, 0.15) is 40.3 Å². The first-order valence-electron chi connectivity index (χ1n) is 8.50. The minimum absolute atomic E-state index is 0.129. The van der Waals surface area contributed by atoms with Crippen molar-refractivity contribution in [3.05, 3.63) is 69.8 Å². The number of amides is 1. The Bertz CT molecular complexity index is 877. The van der Waals surface area contributed by atoms with Crippen molar-refractivity contribution in [2.75, 3.05) is 12.4 Å². The second kappa shape index (κ2) is 8.00. The van der Waals surface area contributed by atoms with Gasteiger partial charge in [-0.05, 0) is 67.2 Å². The van der Waals surface area contributed by atoms with Gasteiger partial charge in [0.05, 0.1) is 7.11 Å². The summed E-state index contributed by atoms with van der Waals surface area (Å²) < 4.78 is 4.87. The van der Waals surface area contributed by atoms with Gasteiger partial charge in [-0.3, -0.25) is 4.79 Å². The van der Waals surface area contributed by atoms with Crippen LogP contribution in [0.3, 0.4) is 0 Å². The summed E-state index contributed by atoms with van der Waals surface area (Å²) in [5, 5.41) is 2.88. The van der Waals surface area contributed by atoms with E-state index in [0.29, 0.717) is 0 Å². The van der Waals surface area contributed by atoms with E-state index in [1.165, 1.54) is 20.1 Å². The molecule has 0 aliphatic heterocycles. The van der Waals surface area contributed by atoms with Crippen LogP contribution in [0.5, 0.6) is 0 Å². The van der Waals surface area contributed by atoms with Gasteiger partial charge in [0.15, 0.2) is 0 Å². The van der Waals surface area contributed by atoms with Crippen molar-refractivity contribution in [2.45, 2.75) is 34.6 Å². The van der Waals surface area contributed by atoms with E-state index in [4.69, 9.17) is 4.74 Å². The predicted octanol–water partition coefficient (Wildman–Crippen LogP) is 4.48. The first kappa shape index (κ1) is 19.4. The molecule has 2 rings (SSSR count). The maximum Gasteiger partial charge on any atom is 0.331 e. The first-order valence-corrected chi connectivity index (χ1v) is 8.50. The molecule has 0 radical (unpaired) electrons. The molecule has 0 aliphatic carbocycles. The van der Waals surface area contributed by atoms with Crippen molar-refractivity contribution in [2.24, 2.45) is 0 Å². The molecule has 0 fully saturated rings. The van der Waals surface area contributed by atoms with Crippen LogP contribution in [-0.2, 0) is 14.3 Å². The Morgan fingerprint density at radius 2 is 1.62 bits per heavy atom. The number of aryl methyl sites for hydroxylation is 2. The zero-order valence-electron chi connectivity index (χ0n) is 16.2. The number of rotatable bonds is 4. The molecule has 4 nitrogen and oxygen atoms in total. The van der Waals surface area contributed by atoms with E-state index in [1.54, 1.807) is 0 Å². The lowest BCUT2D eigenvalue weighted by Crippen LogP contribution is -2.10. The highest BCUT2D eigenvalue weighted by Crippen LogP contribution is 2.35. The molecule has 0 saturated heterocycles. The Kier molecular flexibility index (Phi) is 5.98. The molecule has 0 aliphatic rings. The molecule has 1 amide bonds. The van der Waals surface area contributed by atoms with Crippen LogP contribution in [-0.4, -0.2) is 19.0 Å². The summed E-state index contributed by atoms with van der Waals surface area (Å²) in [6, 6.07) is 9.96. The molecular formula is C22H25NO3.